The van der Waals surface area contributed by atoms with Crippen LogP contribution < -0.4 is 14.8 Å². The monoisotopic (exact) mass is 347 g/mol. The van der Waals surface area contributed by atoms with Crippen LogP contribution in [0.5, 0.6) is 11.5 Å². The second-order valence-electron chi connectivity index (χ2n) is 7.26. The molecule has 2 atom stereocenters. The molecule has 5 nitrogen and oxygen atoms in total. The zero-order chi connectivity index (χ0) is 17.9. The SMILES string of the molecule is CCOC(=O)C1(C)CNCC1c1ccc(OC)c(OC2CCCC2)c1. The zero-order valence-electron chi connectivity index (χ0n) is 15.5. The summed E-state index contributed by atoms with van der Waals surface area (Å²) in [6, 6.07) is 6.03. The lowest BCUT2D eigenvalue weighted by Gasteiger charge is -2.29. The van der Waals surface area contributed by atoms with Crippen molar-refractivity contribution in [2.45, 2.75) is 51.6 Å². The van der Waals surface area contributed by atoms with Gasteiger partial charge in [0.05, 0.1) is 25.2 Å². The Kier molecular flexibility index (Phi) is 5.52. The van der Waals surface area contributed by atoms with Crippen LogP contribution in [-0.4, -0.2) is 38.9 Å². The second kappa shape index (κ2) is 7.65. The average Bonchev–Trinajstić information content (AvgIpc) is 3.25. The number of carbonyl (C=O) groups excluding carboxylic acids is 1. The number of methoxy groups -OCH3 is 1. The van der Waals surface area contributed by atoms with Crippen LogP contribution in [0.3, 0.4) is 0 Å². The normalized spacial score (nSPS) is 26.6. The van der Waals surface area contributed by atoms with Crippen molar-refractivity contribution in [2.75, 3.05) is 26.8 Å². The van der Waals surface area contributed by atoms with E-state index in [-0.39, 0.29) is 18.0 Å². The van der Waals surface area contributed by atoms with Crippen LogP contribution in [-0.2, 0) is 9.53 Å². The fourth-order valence-electron chi connectivity index (χ4n) is 4.01. The van der Waals surface area contributed by atoms with Crippen LogP contribution in [0.2, 0.25) is 0 Å². The molecule has 138 valence electrons. The molecule has 1 saturated carbocycles. The molecule has 1 aliphatic heterocycles. The molecule has 3 rings (SSSR count). The largest absolute Gasteiger partial charge is 0.493 e. The van der Waals surface area contributed by atoms with Gasteiger partial charge >= 0.3 is 5.97 Å². The summed E-state index contributed by atoms with van der Waals surface area (Å²) >= 11 is 0. The third-order valence-corrected chi connectivity index (χ3v) is 5.54. The summed E-state index contributed by atoms with van der Waals surface area (Å²) in [7, 11) is 1.66. The van der Waals surface area contributed by atoms with Gasteiger partial charge in [-0.25, -0.2) is 0 Å². The molecule has 0 radical (unpaired) electrons. The van der Waals surface area contributed by atoms with E-state index in [0.29, 0.717) is 13.2 Å². The standard InChI is InChI=1S/C20H29NO4/c1-4-24-19(22)20(2)13-21-12-16(20)14-9-10-17(23-3)18(11-14)25-15-7-5-6-8-15/h9-11,15-16,21H,4-8,12-13H2,1-3H3. The topological polar surface area (TPSA) is 56.8 Å². The quantitative estimate of drug-likeness (QED) is 0.801. The van der Waals surface area contributed by atoms with Crippen LogP contribution in [0.15, 0.2) is 18.2 Å². The maximum Gasteiger partial charge on any atom is 0.313 e. The van der Waals surface area contributed by atoms with E-state index in [1.165, 1.54) is 12.8 Å². The van der Waals surface area contributed by atoms with E-state index < -0.39 is 5.41 Å². The van der Waals surface area contributed by atoms with Gasteiger partial charge in [0.25, 0.3) is 0 Å². The van der Waals surface area contributed by atoms with Crippen molar-refractivity contribution in [1.82, 2.24) is 5.32 Å². The number of hydrogen-bond acceptors (Lipinski definition) is 5. The van der Waals surface area contributed by atoms with Crippen molar-refractivity contribution in [1.29, 1.82) is 0 Å². The molecule has 0 bridgehead atoms. The minimum Gasteiger partial charge on any atom is -0.493 e. The first-order valence-corrected chi connectivity index (χ1v) is 9.31. The Morgan fingerprint density at radius 1 is 1.28 bits per heavy atom. The van der Waals surface area contributed by atoms with Gasteiger partial charge in [-0.1, -0.05) is 6.07 Å². The Hall–Kier alpha value is -1.75. The van der Waals surface area contributed by atoms with Gasteiger partial charge in [-0.15, -0.1) is 0 Å². The van der Waals surface area contributed by atoms with E-state index in [1.54, 1.807) is 7.11 Å². The van der Waals surface area contributed by atoms with Gasteiger partial charge in [0, 0.05) is 19.0 Å². The third-order valence-electron chi connectivity index (χ3n) is 5.54. The molecule has 0 aromatic heterocycles. The summed E-state index contributed by atoms with van der Waals surface area (Å²) in [6.07, 6.45) is 4.90. The second-order valence-corrected chi connectivity index (χ2v) is 7.26. The molecule has 25 heavy (non-hydrogen) atoms. The van der Waals surface area contributed by atoms with E-state index in [4.69, 9.17) is 14.2 Å². The van der Waals surface area contributed by atoms with Crippen molar-refractivity contribution in [3.63, 3.8) is 0 Å². The molecule has 1 saturated heterocycles. The smallest absolute Gasteiger partial charge is 0.313 e. The Balaban J connectivity index is 1.86. The Morgan fingerprint density at radius 3 is 2.72 bits per heavy atom. The summed E-state index contributed by atoms with van der Waals surface area (Å²) in [6.45, 7) is 5.61. The third kappa shape index (κ3) is 3.61. The Bertz CT molecular complexity index is 612. The van der Waals surface area contributed by atoms with Crippen LogP contribution in [0.1, 0.15) is 51.0 Å². The van der Waals surface area contributed by atoms with Crippen molar-refractivity contribution in [3.05, 3.63) is 23.8 Å². The van der Waals surface area contributed by atoms with Gasteiger partial charge < -0.3 is 19.5 Å². The highest BCUT2D eigenvalue weighted by atomic mass is 16.5. The predicted octanol–water partition coefficient (Wildman–Crippen LogP) is 3.27. The van der Waals surface area contributed by atoms with Gasteiger partial charge in [0.1, 0.15) is 0 Å². The molecule has 1 aliphatic carbocycles. The summed E-state index contributed by atoms with van der Waals surface area (Å²) < 4.78 is 17.0. The minimum absolute atomic E-state index is 0.0587. The molecule has 2 fully saturated rings. The van der Waals surface area contributed by atoms with Gasteiger partial charge in [0.2, 0.25) is 0 Å². The van der Waals surface area contributed by atoms with Gasteiger partial charge in [-0.3, -0.25) is 4.79 Å². The van der Waals surface area contributed by atoms with Crippen molar-refractivity contribution in [2.24, 2.45) is 5.41 Å². The lowest BCUT2D eigenvalue weighted by Crippen LogP contribution is -2.36. The van der Waals surface area contributed by atoms with E-state index in [9.17, 15) is 4.79 Å². The lowest BCUT2D eigenvalue weighted by atomic mass is 9.76. The molecule has 1 aromatic rings. The fourth-order valence-corrected chi connectivity index (χ4v) is 4.01. The van der Waals surface area contributed by atoms with Gasteiger partial charge in [-0.05, 0) is 57.2 Å². The molecule has 2 aliphatic rings. The first kappa shape index (κ1) is 18.1. The molecule has 0 amide bonds. The molecular weight excluding hydrogens is 318 g/mol. The van der Waals surface area contributed by atoms with E-state index in [2.05, 4.69) is 5.32 Å². The number of benzene rings is 1. The maximum absolute atomic E-state index is 12.5. The van der Waals surface area contributed by atoms with Crippen molar-refractivity contribution >= 4 is 5.97 Å². The van der Waals surface area contributed by atoms with Crippen LogP contribution in [0, 0.1) is 5.41 Å². The predicted molar refractivity (Wildman–Crippen MR) is 96.2 cm³/mol. The highest BCUT2D eigenvalue weighted by molar-refractivity contribution is 5.79. The van der Waals surface area contributed by atoms with Crippen LogP contribution in [0.25, 0.3) is 0 Å². The van der Waals surface area contributed by atoms with Gasteiger partial charge in [-0.2, -0.15) is 0 Å². The summed E-state index contributed by atoms with van der Waals surface area (Å²) in [5.41, 5.74) is 0.532. The molecule has 1 heterocycles. The maximum atomic E-state index is 12.5. The molecule has 1 N–H and O–H groups in total. The molecule has 1 aromatic carbocycles. The zero-order valence-corrected chi connectivity index (χ0v) is 15.5. The fraction of sp³-hybridized carbons (Fsp3) is 0.650. The van der Waals surface area contributed by atoms with Gasteiger partial charge in [0.15, 0.2) is 11.5 Å². The summed E-state index contributed by atoms with van der Waals surface area (Å²) in [4.78, 5) is 12.5. The number of esters is 1. The molecule has 0 spiro atoms. The Morgan fingerprint density at radius 2 is 2.04 bits per heavy atom. The van der Waals surface area contributed by atoms with E-state index >= 15 is 0 Å². The number of ether oxygens (including phenoxy) is 3. The molecular formula is C20H29NO4. The lowest BCUT2D eigenvalue weighted by molar-refractivity contribution is -0.154. The van der Waals surface area contributed by atoms with E-state index in [0.717, 1.165) is 36.4 Å². The van der Waals surface area contributed by atoms with Crippen molar-refractivity contribution in [3.8, 4) is 11.5 Å². The van der Waals surface area contributed by atoms with Crippen LogP contribution >= 0.6 is 0 Å². The van der Waals surface area contributed by atoms with Crippen molar-refractivity contribution < 1.29 is 19.0 Å². The highest BCUT2D eigenvalue weighted by Crippen LogP contribution is 2.43. The number of nitrogens with one attached hydrogen (secondary N) is 1. The first-order valence-electron chi connectivity index (χ1n) is 9.31. The molecule has 5 heteroatoms. The highest BCUT2D eigenvalue weighted by Gasteiger charge is 2.47. The molecule has 2 unspecified atom stereocenters. The summed E-state index contributed by atoms with van der Waals surface area (Å²) in [5, 5.41) is 3.35. The number of rotatable bonds is 6. The Labute approximate surface area is 150 Å². The first-order chi connectivity index (χ1) is 12.1. The van der Waals surface area contributed by atoms with E-state index in [1.807, 2.05) is 32.0 Å². The average molecular weight is 347 g/mol. The number of carbonyl (C=O) groups is 1. The number of hydrogen-bond donors (Lipinski definition) is 1. The summed E-state index contributed by atoms with van der Waals surface area (Å²) in [5.74, 6) is 1.45. The van der Waals surface area contributed by atoms with Crippen LogP contribution in [0.4, 0.5) is 0 Å². The minimum atomic E-state index is -0.560.